The largest absolute Gasteiger partial charge is 0.313 e. The summed E-state index contributed by atoms with van der Waals surface area (Å²) in [5, 5.41) is 3.18. The van der Waals surface area contributed by atoms with Gasteiger partial charge in [-0.25, -0.2) is 8.78 Å². The first-order valence-corrected chi connectivity index (χ1v) is 7.23. The summed E-state index contributed by atoms with van der Waals surface area (Å²) >= 11 is 0. The molecule has 1 aromatic carbocycles. The lowest BCUT2D eigenvalue weighted by atomic mass is 9.89. The number of hydrogen-bond acceptors (Lipinski definition) is 1. The van der Waals surface area contributed by atoms with E-state index in [1.807, 2.05) is 7.05 Å². The van der Waals surface area contributed by atoms with Crippen LogP contribution in [-0.4, -0.2) is 7.05 Å². The molecule has 3 heteroatoms. The van der Waals surface area contributed by atoms with E-state index in [-0.39, 0.29) is 6.04 Å². The zero-order valence-electron chi connectivity index (χ0n) is 12.2. The molecular weight excluding hydrogens is 244 g/mol. The molecule has 0 aromatic heterocycles. The second-order valence-corrected chi connectivity index (χ2v) is 5.20. The molecule has 0 amide bonds. The molecule has 0 saturated carbocycles. The number of unbranched alkanes of at least 4 members (excludes halogenated alkanes) is 1. The Morgan fingerprint density at radius 2 is 1.74 bits per heavy atom. The summed E-state index contributed by atoms with van der Waals surface area (Å²) in [4.78, 5) is 0. The maximum atomic E-state index is 13.3. The van der Waals surface area contributed by atoms with E-state index in [0.29, 0.717) is 11.5 Å². The van der Waals surface area contributed by atoms with Gasteiger partial charge in [0.05, 0.1) is 0 Å². The van der Waals surface area contributed by atoms with E-state index >= 15 is 0 Å². The summed E-state index contributed by atoms with van der Waals surface area (Å²) in [5.41, 5.74) is 0.704. The third-order valence-electron chi connectivity index (χ3n) is 3.75. The molecule has 1 nitrogen and oxygen atoms in total. The van der Waals surface area contributed by atoms with Gasteiger partial charge in [0.25, 0.3) is 0 Å². The summed E-state index contributed by atoms with van der Waals surface area (Å²) in [6.07, 6.45) is 5.62. The number of halogens is 2. The van der Waals surface area contributed by atoms with Crippen LogP contribution in [0, 0.1) is 17.6 Å². The first kappa shape index (κ1) is 16.1. The fourth-order valence-electron chi connectivity index (χ4n) is 2.51. The van der Waals surface area contributed by atoms with E-state index in [2.05, 4.69) is 19.2 Å². The molecule has 108 valence electrons. The van der Waals surface area contributed by atoms with Crippen molar-refractivity contribution in [2.75, 3.05) is 7.05 Å². The zero-order valence-corrected chi connectivity index (χ0v) is 12.2. The first-order chi connectivity index (χ1) is 9.10. The molecule has 0 radical (unpaired) electrons. The lowest BCUT2D eigenvalue weighted by Gasteiger charge is -2.23. The summed E-state index contributed by atoms with van der Waals surface area (Å²) in [6, 6.07) is 3.80. The summed E-state index contributed by atoms with van der Waals surface area (Å²) in [6.45, 7) is 4.36. The highest BCUT2D eigenvalue weighted by molar-refractivity contribution is 5.21. The van der Waals surface area contributed by atoms with Crippen molar-refractivity contribution in [1.29, 1.82) is 0 Å². The molecule has 0 saturated heterocycles. The van der Waals surface area contributed by atoms with E-state index in [4.69, 9.17) is 0 Å². The van der Waals surface area contributed by atoms with Gasteiger partial charge < -0.3 is 5.32 Å². The third-order valence-corrected chi connectivity index (χ3v) is 3.75. The molecule has 1 aromatic rings. The van der Waals surface area contributed by atoms with Gasteiger partial charge in [0.1, 0.15) is 11.6 Å². The minimum absolute atomic E-state index is 0.0204. The fourth-order valence-corrected chi connectivity index (χ4v) is 2.51. The minimum atomic E-state index is -0.503. The minimum Gasteiger partial charge on any atom is -0.313 e. The molecule has 0 aliphatic rings. The van der Waals surface area contributed by atoms with Crippen molar-refractivity contribution in [3.8, 4) is 0 Å². The van der Waals surface area contributed by atoms with Crippen molar-refractivity contribution in [2.45, 2.75) is 52.0 Å². The zero-order chi connectivity index (χ0) is 14.3. The molecule has 0 aliphatic heterocycles. The average Bonchev–Trinajstić information content (AvgIpc) is 2.38. The van der Waals surface area contributed by atoms with E-state index in [9.17, 15) is 8.78 Å². The SMILES string of the molecule is CCCCC(CC)CC(NC)c1cc(F)cc(F)c1. The van der Waals surface area contributed by atoms with Crippen LogP contribution in [0.3, 0.4) is 0 Å². The molecule has 0 spiro atoms. The Morgan fingerprint density at radius 1 is 1.11 bits per heavy atom. The van der Waals surface area contributed by atoms with Gasteiger partial charge in [0.2, 0.25) is 0 Å². The van der Waals surface area contributed by atoms with Crippen molar-refractivity contribution in [3.05, 3.63) is 35.4 Å². The van der Waals surface area contributed by atoms with Crippen molar-refractivity contribution in [2.24, 2.45) is 5.92 Å². The predicted octanol–water partition coefficient (Wildman–Crippen LogP) is 4.83. The van der Waals surface area contributed by atoms with Crippen LogP contribution in [-0.2, 0) is 0 Å². The molecule has 0 bridgehead atoms. The lowest BCUT2D eigenvalue weighted by molar-refractivity contribution is 0.363. The Hall–Kier alpha value is -0.960. The van der Waals surface area contributed by atoms with Gasteiger partial charge in [-0.15, -0.1) is 0 Å². The van der Waals surface area contributed by atoms with Gasteiger partial charge in [-0.3, -0.25) is 0 Å². The quantitative estimate of drug-likeness (QED) is 0.712. The van der Waals surface area contributed by atoms with Crippen LogP contribution < -0.4 is 5.32 Å². The normalized spacial score (nSPS) is 14.4. The van der Waals surface area contributed by atoms with Gasteiger partial charge in [0, 0.05) is 12.1 Å². The van der Waals surface area contributed by atoms with Crippen molar-refractivity contribution in [3.63, 3.8) is 0 Å². The van der Waals surface area contributed by atoms with Crippen LogP contribution in [0.5, 0.6) is 0 Å². The number of nitrogens with one attached hydrogen (secondary N) is 1. The Morgan fingerprint density at radius 3 is 2.21 bits per heavy atom. The molecule has 1 rings (SSSR count). The second-order valence-electron chi connectivity index (χ2n) is 5.20. The maximum Gasteiger partial charge on any atom is 0.126 e. The summed E-state index contributed by atoms with van der Waals surface area (Å²) in [5.74, 6) is -0.405. The third kappa shape index (κ3) is 5.27. The highest BCUT2D eigenvalue weighted by Gasteiger charge is 2.16. The van der Waals surface area contributed by atoms with Crippen molar-refractivity contribution in [1.82, 2.24) is 5.32 Å². The number of rotatable bonds is 8. The lowest BCUT2D eigenvalue weighted by Crippen LogP contribution is -2.20. The molecule has 19 heavy (non-hydrogen) atoms. The van der Waals surface area contributed by atoms with Crippen molar-refractivity contribution < 1.29 is 8.78 Å². The number of hydrogen-bond donors (Lipinski definition) is 1. The fraction of sp³-hybridized carbons (Fsp3) is 0.625. The van der Waals surface area contributed by atoms with E-state index in [0.717, 1.165) is 18.9 Å². The maximum absolute atomic E-state index is 13.3. The molecular formula is C16H25F2N. The Bertz CT molecular complexity index is 359. The highest BCUT2D eigenvalue weighted by atomic mass is 19.1. The molecule has 2 unspecified atom stereocenters. The Kier molecular flexibility index (Phi) is 7.00. The van der Waals surface area contributed by atoms with Crippen LogP contribution in [0.15, 0.2) is 18.2 Å². The van der Waals surface area contributed by atoms with Crippen LogP contribution in [0.25, 0.3) is 0 Å². The van der Waals surface area contributed by atoms with E-state index in [1.54, 1.807) is 0 Å². The van der Waals surface area contributed by atoms with Gasteiger partial charge in [0.15, 0.2) is 0 Å². The first-order valence-electron chi connectivity index (χ1n) is 7.23. The van der Waals surface area contributed by atoms with Gasteiger partial charge in [-0.05, 0) is 37.1 Å². The molecule has 0 heterocycles. The van der Waals surface area contributed by atoms with E-state index < -0.39 is 11.6 Å². The second kappa shape index (κ2) is 8.26. The highest BCUT2D eigenvalue weighted by Crippen LogP contribution is 2.27. The smallest absolute Gasteiger partial charge is 0.126 e. The van der Waals surface area contributed by atoms with Crippen LogP contribution in [0.2, 0.25) is 0 Å². The molecule has 2 atom stereocenters. The van der Waals surface area contributed by atoms with Crippen LogP contribution in [0.1, 0.15) is 57.6 Å². The van der Waals surface area contributed by atoms with E-state index in [1.165, 1.54) is 31.4 Å². The van der Waals surface area contributed by atoms with Crippen LogP contribution in [0.4, 0.5) is 8.78 Å². The molecule has 1 N–H and O–H groups in total. The topological polar surface area (TPSA) is 12.0 Å². The van der Waals surface area contributed by atoms with Gasteiger partial charge >= 0.3 is 0 Å². The average molecular weight is 269 g/mol. The van der Waals surface area contributed by atoms with Gasteiger partial charge in [-0.2, -0.15) is 0 Å². The predicted molar refractivity (Wildman–Crippen MR) is 76.1 cm³/mol. The number of benzene rings is 1. The summed E-state index contributed by atoms with van der Waals surface area (Å²) in [7, 11) is 1.85. The van der Waals surface area contributed by atoms with Crippen molar-refractivity contribution >= 4 is 0 Å². The van der Waals surface area contributed by atoms with Crippen LogP contribution >= 0.6 is 0 Å². The van der Waals surface area contributed by atoms with Gasteiger partial charge in [-0.1, -0.05) is 39.5 Å². The Balaban J connectivity index is 2.75. The monoisotopic (exact) mass is 269 g/mol. The Labute approximate surface area is 115 Å². The summed E-state index contributed by atoms with van der Waals surface area (Å²) < 4.78 is 26.6. The molecule has 0 fully saturated rings. The molecule has 0 aliphatic carbocycles. The standard InChI is InChI=1S/C16H25F2N/c1-4-6-7-12(5-2)8-16(19-3)13-9-14(17)11-15(18)10-13/h9-12,16,19H,4-8H2,1-3H3.